The number of carbonyl (C=O) groups is 2. The molecular formula is C18H23ClN2O3. The quantitative estimate of drug-likeness (QED) is 0.671. The van der Waals surface area contributed by atoms with Crippen LogP contribution < -0.4 is 15.0 Å². The molecule has 1 aromatic carbocycles. The number of fused-ring (bicyclic) bond motifs is 1. The number of ether oxygens (including phenoxy) is 1. The number of nitrogens with zero attached hydrogens (tertiary/aromatic N) is 1. The lowest BCUT2D eigenvalue weighted by atomic mass is 9.97. The summed E-state index contributed by atoms with van der Waals surface area (Å²) >= 11 is 6.04. The van der Waals surface area contributed by atoms with Crippen LogP contribution in [-0.2, 0) is 9.59 Å². The Hall–Kier alpha value is -1.75. The Kier molecular flexibility index (Phi) is 5.61. The van der Waals surface area contributed by atoms with Gasteiger partial charge < -0.3 is 15.0 Å². The van der Waals surface area contributed by atoms with Gasteiger partial charge in [-0.2, -0.15) is 0 Å². The number of anilines is 1. The molecule has 24 heavy (non-hydrogen) atoms. The Morgan fingerprint density at radius 1 is 1.21 bits per heavy atom. The third kappa shape index (κ3) is 4.41. The van der Waals surface area contributed by atoms with Crippen molar-refractivity contribution >= 4 is 29.2 Å². The first-order chi connectivity index (χ1) is 11.6. The SMILES string of the molecule is O=C(CN1CC(=O)Oc2ccc(Cl)cc21)NC1CCCCCCC1. The van der Waals surface area contributed by atoms with E-state index in [-0.39, 0.29) is 31.0 Å². The van der Waals surface area contributed by atoms with E-state index in [9.17, 15) is 9.59 Å². The van der Waals surface area contributed by atoms with Gasteiger partial charge in [-0.05, 0) is 31.0 Å². The highest BCUT2D eigenvalue weighted by molar-refractivity contribution is 6.31. The number of carbonyl (C=O) groups excluding carboxylic acids is 2. The molecule has 1 fully saturated rings. The highest BCUT2D eigenvalue weighted by Gasteiger charge is 2.26. The van der Waals surface area contributed by atoms with Crippen molar-refractivity contribution in [3.8, 4) is 5.75 Å². The van der Waals surface area contributed by atoms with Crippen LogP contribution in [-0.4, -0.2) is 31.0 Å². The van der Waals surface area contributed by atoms with Crippen LogP contribution in [0.5, 0.6) is 5.75 Å². The van der Waals surface area contributed by atoms with Gasteiger partial charge in [-0.1, -0.05) is 43.7 Å². The predicted molar refractivity (Wildman–Crippen MR) is 93.5 cm³/mol. The molecular weight excluding hydrogens is 328 g/mol. The third-order valence-corrected chi connectivity index (χ3v) is 4.85. The Balaban J connectivity index is 1.63. The average Bonchev–Trinajstić information content (AvgIpc) is 2.50. The van der Waals surface area contributed by atoms with Crippen LogP contribution in [0.4, 0.5) is 5.69 Å². The van der Waals surface area contributed by atoms with Gasteiger partial charge in [0.05, 0.1) is 12.2 Å². The highest BCUT2D eigenvalue weighted by atomic mass is 35.5. The van der Waals surface area contributed by atoms with Crippen molar-refractivity contribution in [2.45, 2.75) is 51.0 Å². The van der Waals surface area contributed by atoms with Crippen LogP contribution in [0.25, 0.3) is 0 Å². The average molecular weight is 351 g/mol. The van der Waals surface area contributed by atoms with E-state index in [0.29, 0.717) is 16.5 Å². The van der Waals surface area contributed by atoms with Crippen molar-refractivity contribution in [1.82, 2.24) is 5.32 Å². The summed E-state index contributed by atoms with van der Waals surface area (Å²) in [7, 11) is 0. The number of nitrogens with one attached hydrogen (secondary N) is 1. The maximum atomic E-state index is 12.4. The van der Waals surface area contributed by atoms with E-state index >= 15 is 0 Å². The second-order valence-electron chi connectivity index (χ2n) is 6.55. The lowest BCUT2D eigenvalue weighted by Gasteiger charge is -2.30. The fraction of sp³-hybridized carbons (Fsp3) is 0.556. The van der Waals surface area contributed by atoms with Crippen molar-refractivity contribution in [3.63, 3.8) is 0 Å². The number of halogens is 1. The number of hydrogen-bond acceptors (Lipinski definition) is 4. The van der Waals surface area contributed by atoms with Crippen molar-refractivity contribution < 1.29 is 14.3 Å². The molecule has 1 aliphatic carbocycles. The van der Waals surface area contributed by atoms with Crippen LogP contribution in [0.2, 0.25) is 5.02 Å². The van der Waals surface area contributed by atoms with Crippen LogP contribution in [0.3, 0.4) is 0 Å². The van der Waals surface area contributed by atoms with Crippen LogP contribution in [0.1, 0.15) is 44.9 Å². The molecule has 0 saturated heterocycles. The molecule has 5 nitrogen and oxygen atoms in total. The number of rotatable bonds is 3. The minimum atomic E-state index is -0.358. The van der Waals surface area contributed by atoms with Gasteiger partial charge in [-0.3, -0.25) is 4.79 Å². The zero-order valence-corrected chi connectivity index (χ0v) is 14.5. The summed E-state index contributed by atoms with van der Waals surface area (Å²) in [6, 6.07) is 5.31. The maximum absolute atomic E-state index is 12.4. The van der Waals surface area contributed by atoms with Gasteiger partial charge in [-0.15, -0.1) is 0 Å². The van der Waals surface area contributed by atoms with Gasteiger partial charge in [-0.25, -0.2) is 4.79 Å². The van der Waals surface area contributed by atoms with Crippen molar-refractivity contribution in [3.05, 3.63) is 23.2 Å². The van der Waals surface area contributed by atoms with E-state index in [4.69, 9.17) is 16.3 Å². The van der Waals surface area contributed by atoms with E-state index < -0.39 is 0 Å². The molecule has 0 spiro atoms. The zero-order chi connectivity index (χ0) is 16.9. The largest absolute Gasteiger partial charge is 0.423 e. The molecule has 1 saturated carbocycles. The molecule has 0 unspecified atom stereocenters. The first-order valence-electron chi connectivity index (χ1n) is 8.66. The van der Waals surface area contributed by atoms with Crippen molar-refractivity contribution in [2.75, 3.05) is 18.0 Å². The second kappa shape index (κ2) is 7.88. The molecule has 2 aliphatic rings. The van der Waals surface area contributed by atoms with Gasteiger partial charge in [0.25, 0.3) is 0 Å². The number of hydrogen-bond donors (Lipinski definition) is 1. The molecule has 1 aromatic rings. The molecule has 130 valence electrons. The fourth-order valence-electron chi connectivity index (χ4n) is 3.41. The molecule has 0 radical (unpaired) electrons. The Morgan fingerprint density at radius 3 is 2.67 bits per heavy atom. The fourth-order valence-corrected chi connectivity index (χ4v) is 3.57. The van der Waals surface area contributed by atoms with E-state index in [1.807, 2.05) is 0 Å². The van der Waals surface area contributed by atoms with Crippen LogP contribution >= 0.6 is 11.6 Å². The molecule has 3 rings (SSSR count). The maximum Gasteiger partial charge on any atom is 0.331 e. The first-order valence-corrected chi connectivity index (χ1v) is 9.04. The Morgan fingerprint density at radius 2 is 1.92 bits per heavy atom. The molecule has 1 aliphatic heterocycles. The summed E-state index contributed by atoms with van der Waals surface area (Å²) in [6.45, 7) is 0.199. The summed E-state index contributed by atoms with van der Waals surface area (Å²) < 4.78 is 5.21. The highest BCUT2D eigenvalue weighted by Crippen LogP contribution is 2.34. The third-order valence-electron chi connectivity index (χ3n) is 4.61. The van der Waals surface area contributed by atoms with Crippen LogP contribution in [0, 0.1) is 0 Å². The monoisotopic (exact) mass is 350 g/mol. The summed E-state index contributed by atoms with van der Waals surface area (Å²) in [5, 5.41) is 3.68. The van der Waals surface area contributed by atoms with E-state index in [1.54, 1.807) is 23.1 Å². The zero-order valence-electron chi connectivity index (χ0n) is 13.7. The topological polar surface area (TPSA) is 58.6 Å². The number of esters is 1. The summed E-state index contributed by atoms with van der Waals surface area (Å²) in [4.78, 5) is 25.9. The van der Waals surface area contributed by atoms with Crippen molar-refractivity contribution in [1.29, 1.82) is 0 Å². The van der Waals surface area contributed by atoms with E-state index in [0.717, 1.165) is 12.8 Å². The second-order valence-corrected chi connectivity index (χ2v) is 6.99. The number of benzene rings is 1. The molecule has 0 bridgehead atoms. The molecule has 1 N–H and O–H groups in total. The van der Waals surface area contributed by atoms with E-state index in [1.165, 1.54) is 32.1 Å². The van der Waals surface area contributed by atoms with Gasteiger partial charge in [0.2, 0.25) is 5.91 Å². The summed E-state index contributed by atoms with van der Waals surface area (Å²) in [6.07, 6.45) is 8.20. The molecule has 0 atom stereocenters. The Bertz CT molecular complexity index is 612. The number of amides is 1. The van der Waals surface area contributed by atoms with Gasteiger partial charge in [0, 0.05) is 11.1 Å². The minimum absolute atomic E-state index is 0.0544. The molecule has 1 amide bonds. The van der Waals surface area contributed by atoms with Gasteiger partial charge >= 0.3 is 5.97 Å². The molecule has 6 heteroatoms. The van der Waals surface area contributed by atoms with E-state index in [2.05, 4.69) is 5.32 Å². The standard InChI is InChI=1S/C18H23ClN2O3/c19-13-8-9-16-15(10-13)21(12-18(23)24-16)11-17(22)20-14-6-4-2-1-3-5-7-14/h8-10,14H,1-7,11-12H2,(H,20,22). The van der Waals surface area contributed by atoms with Crippen LogP contribution in [0.15, 0.2) is 18.2 Å². The van der Waals surface area contributed by atoms with Gasteiger partial charge in [0.15, 0.2) is 5.75 Å². The lowest BCUT2D eigenvalue weighted by molar-refractivity contribution is -0.133. The first kappa shape index (κ1) is 17.1. The summed E-state index contributed by atoms with van der Waals surface area (Å²) in [5.74, 6) is 0.0409. The summed E-state index contributed by atoms with van der Waals surface area (Å²) in [5.41, 5.74) is 0.690. The molecule has 1 heterocycles. The minimum Gasteiger partial charge on any atom is -0.423 e. The normalized spacial score (nSPS) is 19.0. The van der Waals surface area contributed by atoms with Gasteiger partial charge in [0.1, 0.15) is 6.54 Å². The molecule has 0 aromatic heterocycles. The smallest absolute Gasteiger partial charge is 0.331 e. The lowest BCUT2D eigenvalue weighted by Crippen LogP contribution is -2.46. The van der Waals surface area contributed by atoms with Crippen molar-refractivity contribution in [2.24, 2.45) is 0 Å². The Labute approximate surface area is 147 Å². The predicted octanol–water partition coefficient (Wildman–Crippen LogP) is 3.29.